The lowest BCUT2D eigenvalue weighted by Gasteiger charge is -2.28. The summed E-state index contributed by atoms with van der Waals surface area (Å²) in [6.07, 6.45) is 1.80. The number of aromatic nitrogens is 2. The van der Waals surface area contributed by atoms with E-state index in [1.807, 2.05) is 36.4 Å². The molecule has 1 aliphatic heterocycles. The van der Waals surface area contributed by atoms with E-state index in [9.17, 15) is 0 Å². The summed E-state index contributed by atoms with van der Waals surface area (Å²) in [5.41, 5.74) is 5.24. The summed E-state index contributed by atoms with van der Waals surface area (Å²) in [5.74, 6) is 0.634. The fourth-order valence-electron chi connectivity index (χ4n) is 3.81. The van der Waals surface area contributed by atoms with Crippen LogP contribution in [0.3, 0.4) is 0 Å². The molecular formula is C21H21ClN4OS. The van der Waals surface area contributed by atoms with Crippen molar-refractivity contribution in [1.29, 1.82) is 0 Å². The number of rotatable bonds is 4. The first kappa shape index (κ1) is 18.8. The molecule has 1 aromatic carbocycles. The molecule has 3 heterocycles. The van der Waals surface area contributed by atoms with Gasteiger partial charge in [-0.25, -0.2) is 0 Å². The highest BCUT2D eigenvalue weighted by Gasteiger charge is 2.41. The number of hydrogen-bond acceptors (Lipinski definition) is 3. The largest absolute Gasteiger partial charge is 0.495 e. The van der Waals surface area contributed by atoms with Crippen LogP contribution in [0.15, 0.2) is 48.7 Å². The molecule has 28 heavy (non-hydrogen) atoms. The van der Waals surface area contributed by atoms with Gasteiger partial charge in [0.1, 0.15) is 5.75 Å². The third kappa shape index (κ3) is 3.23. The quantitative estimate of drug-likeness (QED) is 0.599. The molecule has 0 aliphatic carbocycles. The number of H-pyrrole nitrogens is 1. The summed E-state index contributed by atoms with van der Waals surface area (Å²) in [6.45, 7) is 4.14. The topological polar surface area (TPSA) is 53.2 Å². The molecule has 0 bridgehead atoms. The van der Waals surface area contributed by atoms with E-state index in [-0.39, 0.29) is 12.1 Å². The van der Waals surface area contributed by atoms with Crippen LogP contribution in [0.25, 0.3) is 0 Å². The molecule has 1 saturated heterocycles. The number of anilines is 1. The van der Waals surface area contributed by atoms with Gasteiger partial charge < -0.3 is 19.9 Å². The zero-order valence-corrected chi connectivity index (χ0v) is 17.4. The normalized spacial score (nSPS) is 19.0. The number of benzene rings is 1. The fraction of sp³-hybridized carbons (Fsp3) is 0.238. The monoisotopic (exact) mass is 412 g/mol. The van der Waals surface area contributed by atoms with Crippen LogP contribution in [0.4, 0.5) is 5.69 Å². The average molecular weight is 413 g/mol. The minimum absolute atomic E-state index is 0.0585. The first-order valence-electron chi connectivity index (χ1n) is 9.00. The molecule has 0 spiro atoms. The van der Waals surface area contributed by atoms with E-state index in [1.54, 1.807) is 13.3 Å². The van der Waals surface area contributed by atoms with Crippen molar-refractivity contribution in [3.63, 3.8) is 0 Å². The summed E-state index contributed by atoms with van der Waals surface area (Å²) in [4.78, 5) is 10.1. The van der Waals surface area contributed by atoms with E-state index in [1.165, 1.54) is 5.56 Å². The van der Waals surface area contributed by atoms with Crippen molar-refractivity contribution in [3.8, 4) is 5.75 Å². The van der Waals surface area contributed by atoms with Gasteiger partial charge in [-0.2, -0.15) is 0 Å². The van der Waals surface area contributed by atoms with Gasteiger partial charge in [0.15, 0.2) is 5.11 Å². The summed E-state index contributed by atoms with van der Waals surface area (Å²) in [6, 6.07) is 13.7. The Morgan fingerprint density at radius 2 is 2.00 bits per heavy atom. The first-order valence-corrected chi connectivity index (χ1v) is 9.78. The summed E-state index contributed by atoms with van der Waals surface area (Å²) in [7, 11) is 1.61. The molecule has 2 atom stereocenters. The van der Waals surface area contributed by atoms with Gasteiger partial charge in [-0.05, 0) is 68.0 Å². The highest BCUT2D eigenvalue weighted by Crippen LogP contribution is 2.43. The van der Waals surface area contributed by atoms with Gasteiger partial charge in [0.05, 0.1) is 29.9 Å². The molecule has 7 heteroatoms. The van der Waals surface area contributed by atoms with Gasteiger partial charge in [-0.15, -0.1) is 0 Å². The van der Waals surface area contributed by atoms with Crippen molar-refractivity contribution in [1.82, 2.24) is 15.3 Å². The van der Waals surface area contributed by atoms with Crippen LogP contribution in [-0.2, 0) is 0 Å². The van der Waals surface area contributed by atoms with Crippen molar-refractivity contribution in [2.45, 2.75) is 25.9 Å². The van der Waals surface area contributed by atoms with Crippen LogP contribution in [0.1, 0.15) is 34.7 Å². The first-order chi connectivity index (χ1) is 13.5. The third-order valence-electron chi connectivity index (χ3n) is 5.02. The Hall–Kier alpha value is -2.57. The zero-order valence-electron chi connectivity index (χ0n) is 15.9. The Morgan fingerprint density at radius 3 is 2.61 bits per heavy atom. The number of halogens is 1. The Morgan fingerprint density at radius 1 is 1.18 bits per heavy atom. The summed E-state index contributed by atoms with van der Waals surface area (Å²) >= 11 is 12.1. The Labute approximate surface area is 174 Å². The van der Waals surface area contributed by atoms with Gasteiger partial charge in [-0.1, -0.05) is 17.7 Å². The van der Waals surface area contributed by atoms with Gasteiger partial charge in [0, 0.05) is 23.3 Å². The fourth-order valence-corrected chi connectivity index (χ4v) is 4.40. The molecule has 0 unspecified atom stereocenters. The minimum Gasteiger partial charge on any atom is -0.495 e. The zero-order chi connectivity index (χ0) is 19.8. The highest BCUT2D eigenvalue weighted by molar-refractivity contribution is 7.80. The van der Waals surface area contributed by atoms with Crippen molar-refractivity contribution in [2.24, 2.45) is 0 Å². The maximum atomic E-state index is 6.40. The molecule has 1 aliphatic rings. The van der Waals surface area contributed by atoms with E-state index in [2.05, 4.69) is 40.1 Å². The molecule has 4 rings (SSSR count). The van der Waals surface area contributed by atoms with Crippen LogP contribution < -0.4 is 15.0 Å². The highest BCUT2D eigenvalue weighted by atomic mass is 35.5. The Balaban J connectivity index is 1.85. The molecule has 5 nitrogen and oxygen atoms in total. The van der Waals surface area contributed by atoms with E-state index in [4.69, 9.17) is 28.6 Å². The second-order valence-corrected chi connectivity index (χ2v) is 7.64. The van der Waals surface area contributed by atoms with Crippen molar-refractivity contribution >= 4 is 34.6 Å². The number of thiocarbonyl (C=S) groups is 1. The van der Waals surface area contributed by atoms with E-state index in [0.29, 0.717) is 15.9 Å². The predicted molar refractivity (Wildman–Crippen MR) is 116 cm³/mol. The Bertz CT molecular complexity index is 1020. The van der Waals surface area contributed by atoms with Crippen molar-refractivity contribution in [3.05, 3.63) is 76.3 Å². The minimum atomic E-state index is -0.0801. The lowest BCUT2D eigenvalue weighted by atomic mass is 9.96. The average Bonchev–Trinajstić information content (AvgIpc) is 3.20. The lowest BCUT2D eigenvalue weighted by Crippen LogP contribution is -2.29. The van der Waals surface area contributed by atoms with Crippen LogP contribution >= 0.6 is 23.8 Å². The maximum Gasteiger partial charge on any atom is 0.174 e. The molecule has 2 aromatic heterocycles. The van der Waals surface area contributed by atoms with Crippen LogP contribution in [0.5, 0.6) is 5.75 Å². The van der Waals surface area contributed by atoms with Gasteiger partial charge in [0.2, 0.25) is 0 Å². The van der Waals surface area contributed by atoms with Crippen LogP contribution in [0.2, 0.25) is 5.02 Å². The number of ether oxygens (including phenoxy) is 1. The van der Waals surface area contributed by atoms with Crippen molar-refractivity contribution in [2.75, 3.05) is 12.0 Å². The smallest absolute Gasteiger partial charge is 0.174 e. The summed E-state index contributed by atoms with van der Waals surface area (Å²) in [5, 5.41) is 4.64. The number of nitrogens with zero attached hydrogens (tertiary/aromatic N) is 2. The van der Waals surface area contributed by atoms with Crippen LogP contribution in [-0.4, -0.2) is 22.2 Å². The van der Waals surface area contributed by atoms with E-state index < -0.39 is 0 Å². The van der Waals surface area contributed by atoms with Gasteiger partial charge in [-0.3, -0.25) is 4.98 Å². The third-order valence-corrected chi connectivity index (χ3v) is 5.63. The predicted octanol–water partition coefficient (Wildman–Crippen LogP) is 4.87. The number of pyridine rings is 1. The van der Waals surface area contributed by atoms with Crippen LogP contribution in [0, 0.1) is 13.8 Å². The van der Waals surface area contributed by atoms with Gasteiger partial charge >= 0.3 is 0 Å². The second kappa shape index (κ2) is 7.45. The number of aryl methyl sites for hydroxylation is 2. The van der Waals surface area contributed by atoms with Crippen molar-refractivity contribution < 1.29 is 4.74 Å². The van der Waals surface area contributed by atoms with Gasteiger partial charge in [0.25, 0.3) is 0 Å². The summed E-state index contributed by atoms with van der Waals surface area (Å²) < 4.78 is 5.30. The molecule has 0 radical (unpaired) electrons. The number of methoxy groups -OCH3 is 1. The second-order valence-electron chi connectivity index (χ2n) is 6.85. The molecule has 1 fully saturated rings. The maximum absolute atomic E-state index is 6.40. The lowest BCUT2D eigenvalue weighted by molar-refractivity contribution is 0.415. The molecule has 144 valence electrons. The molecular weight excluding hydrogens is 392 g/mol. The molecule has 0 amide bonds. The van der Waals surface area contributed by atoms with E-state index >= 15 is 0 Å². The number of nitrogens with one attached hydrogen (secondary N) is 2. The number of aromatic amines is 1. The van der Waals surface area contributed by atoms with E-state index in [0.717, 1.165) is 22.8 Å². The number of hydrogen-bond donors (Lipinski definition) is 2. The standard InChI is InChI=1S/C21H21ClN4OS/c1-12-10-15(13(2)24-12)20-19(17-6-4-5-9-23-17)25-21(28)26(20)14-7-8-18(27-3)16(22)11-14/h4-11,19-20,24H,1-3H3,(H,25,28)/t19-,20-/m1/s1. The molecule has 3 aromatic rings. The SMILES string of the molecule is COc1ccc(N2C(=S)N[C@H](c3ccccn3)[C@H]2c2cc(C)[nH]c2C)cc1Cl. The molecule has 2 N–H and O–H groups in total. The Kier molecular flexibility index (Phi) is 5.00. The molecule has 0 saturated carbocycles.